The predicted molar refractivity (Wildman–Crippen MR) is 71.4 cm³/mol. The van der Waals surface area contributed by atoms with Crippen molar-refractivity contribution in [3.63, 3.8) is 0 Å². The predicted octanol–water partition coefficient (Wildman–Crippen LogP) is 1.35. The van der Waals surface area contributed by atoms with Crippen LogP contribution in [-0.2, 0) is 19.7 Å². The van der Waals surface area contributed by atoms with E-state index in [4.69, 9.17) is 26.9 Å². The molecule has 0 unspecified atom stereocenters. The normalized spacial score (nSPS) is 25.7. The maximum Gasteiger partial charge on any atom is 0.244 e. The Balaban J connectivity index is 2.15. The molecule has 1 fully saturated rings. The van der Waals surface area contributed by atoms with Crippen molar-refractivity contribution in [1.82, 2.24) is 5.43 Å². The van der Waals surface area contributed by atoms with Crippen LogP contribution in [0, 0.1) is 0 Å². The molecule has 1 aliphatic rings. The molecule has 0 heterocycles. The Labute approximate surface area is 117 Å². The summed E-state index contributed by atoms with van der Waals surface area (Å²) >= 11 is 5.87. The van der Waals surface area contributed by atoms with Gasteiger partial charge in [-0.3, -0.25) is 10.2 Å². The zero-order chi connectivity index (χ0) is 13.9. The lowest BCUT2D eigenvalue weighted by Crippen LogP contribution is -2.57. The molecule has 2 rings (SSSR count). The first-order valence-electron chi connectivity index (χ1n) is 6.00. The van der Waals surface area contributed by atoms with Crippen LogP contribution in [0.15, 0.2) is 24.3 Å². The number of nitrogens with one attached hydrogen (secondary N) is 1. The first-order chi connectivity index (χ1) is 9.12. The van der Waals surface area contributed by atoms with E-state index in [-0.39, 0.29) is 18.8 Å². The lowest BCUT2D eigenvalue weighted by molar-refractivity contribution is -0.149. The molecule has 1 aromatic carbocycles. The van der Waals surface area contributed by atoms with E-state index < -0.39 is 5.41 Å². The van der Waals surface area contributed by atoms with E-state index in [1.165, 1.54) is 0 Å². The number of hydrazine groups is 1. The number of hydrogen-bond acceptors (Lipinski definition) is 4. The van der Waals surface area contributed by atoms with Crippen molar-refractivity contribution in [2.45, 2.75) is 24.4 Å². The number of carbonyl (C=O) groups excluding carboxylic acids is 1. The zero-order valence-electron chi connectivity index (χ0n) is 10.7. The molecule has 1 aliphatic carbocycles. The molecular formula is C13H17ClN2O3. The minimum atomic E-state index is -0.627. The van der Waals surface area contributed by atoms with E-state index in [2.05, 4.69) is 5.43 Å². The molecule has 1 saturated carbocycles. The van der Waals surface area contributed by atoms with Crippen LogP contribution in [0.1, 0.15) is 18.4 Å². The molecular weight excluding hydrogens is 268 g/mol. The van der Waals surface area contributed by atoms with Crippen LogP contribution in [0.25, 0.3) is 0 Å². The van der Waals surface area contributed by atoms with E-state index in [0.29, 0.717) is 17.9 Å². The minimum absolute atomic E-state index is 0.00734. The van der Waals surface area contributed by atoms with Crippen molar-refractivity contribution < 1.29 is 14.3 Å². The minimum Gasteiger partial charge on any atom is -0.359 e. The van der Waals surface area contributed by atoms with Crippen molar-refractivity contribution in [1.29, 1.82) is 0 Å². The second-order valence-corrected chi connectivity index (χ2v) is 5.10. The van der Waals surface area contributed by atoms with Gasteiger partial charge < -0.3 is 9.47 Å². The average molecular weight is 285 g/mol. The van der Waals surface area contributed by atoms with Crippen LogP contribution >= 0.6 is 11.6 Å². The van der Waals surface area contributed by atoms with E-state index in [1.54, 1.807) is 19.2 Å². The van der Waals surface area contributed by atoms with Crippen LogP contribution in [0.3, 0.4) is 0 Å². The van der Waals surface area contributed by atoms with Crippen LogP contribution in [0.5, 0.6) is 0 Å². The number of hydrogen-bond donors (Lipinski definition) is 2. The number of carbonyl (C=O) groups is 1. The van der Waals surface area contributed by atoms with Gasteiger partial charge in [-0.25, -0.2) is 5.84 Å². The molecule has 0 aliphatic heterocycles. The lowest BCUT2D eigenvalue weighted by atomic mass is 9.62. The highest BCUT2D eigenvalue weighted by molar-refractivity contribution is 6.30. The fourth-order valence-corrected chi connectivity index (χ4v) is 2.58. The Bertz CT molecular complexity index is 444. The van der Waals surface area contributed by atoms with E-state index in [9.17, 15) is 4.79 Å². The third kappa shape index (κ3) is 2.74. The Kier molecular flexibility index (Phi) is 4.42. The third-order valence-electron chi connectivity index (χ3n) is 3.54. The molecule has 0 radical (unpaired) electrons. The van der Waals surface area contributed by atoms with Gasteiger partial charge in [0.2, 0.25) is 5.91 Å². The lowest BCUT2D eigenvalue weighted by Gasteiger charge is -2.45. The first-order valence-corrected chi connectivity index (χ1v) is 6.38. The highest BCUT2D eigenvalue weighted by Crippen LogP contribution is 2.45. The van der Waals surface area contributed by atoms with E-state index >= 15 is 0 Å². The van der Waals surface area contributed by atoms with Crippen molar-refractivity contribution in [2.24, 2.45) is 5.84 Å². The van der Waals surface area contributed by atoms with Crippen molar-refractivity contribution in [3.05, 3.63) is 34.9 Å². The number of halogens is 1. The average Bonchev–Trinajstić information content (AvgIpc) is 2.38. The number of benzene rings is 1. The van der Waals surface area contributed by atoms with E-state index in [0.717, 1.165) is 5.56 Å². The summed E-state index contributed by atoms with van der Waals surface area (Å²) in [4.78, 5) is 12.1. The molecule has 104 valence electrons. The summed E-state index contributed by atoms with van der Waals surface area (Å²) in [7, 11) is 1.57. The van der Waals surface area contributed by atoms with Gasteiger partial charge in [0.1, 0.15) is 6.79 Å². The van der Waals surface area contributed by atoms with Crippen molar-refractivity contribution >= 4 is 17.5 Å². The molecule has 19 heavy (non-hydrogen) atoms. The summed E-state index contributed by atoms with van der Waals surface area (Å²) in [5.41, 5.74) is 2.51. The van der Waals surface area contributed by atoms with Gasteiger partial charge in [0, 0.05) is 12.1 Å². The van der Waals surface area contributed by atoms with Crippen LogP contribution < -0.4 is 11.3 Å². The quantitative estimate of drug-likeness (QED) is 0.370. The van der Waals surface area contributed by atoms with Gasteiger partial charge in [0.15, 0.2) is 0 Å². The summed E-state index contributed by atoms with van der Waals surface area (Å²) in [6.45, 7) is 0.228. The molecule has 3 N–H and O–H groups in total. The maximum atomic E-state index is 12.1. The number of nitrogens with two attached hydrogens (primary N) is 1. The second-order valence-electron chi connectivity index (χ2n) is 4.67. The molecule has 0 bridgehead atoms. The first kappa shape index (κ1) is 14.3. The molecule has 1 amide bonds. The van der Waals surface area contributed by atoms with Gasteiger partial charge in [0.05, 0.1) is 11.5 Å². The number of amides is 1. The second kappa shape index (κ2) is 5.88. The summed E-state index contributed by atoms with van der Waals surface area (Å²) in [5, 5.41) is 0.638. The SMILES string of the molecule is COCOC1CC(C(=O)NN)(c2ccc(Cl)cc2)C1. The monoisotopic (exact) mass is 284 g/mol. The summed E-state index contributed by atoms with van der Waals surface area (Å²) in [6.07, 6.45) is 1.18. The molecule has 6 heteroatoms. The van der Waals surface area contributed by atoms with E-state index in [1.807, 2.05) is 12.1 Å². The fourth-order valence-electron chi connectivity index (χ4n) is 2.46. The Morgan fingerprint density at radius 3 is 2.63 bits per heavy atom. The maximum absolute atomic E-state index is 12.1. The zero-order valence-corrected chi connectivity index (χ0v) is 11.4. The molecule has 0 aromatic heterocycles. The summed E-state index contributed by atoms with van der Waals surface area (Å²) in [6, 6.07) is 7.24. The molecule has 1 aromatic rings. The highest BCUT2D eigenvalue weighted by atomic mass is 35.5. The molecule has 0 saturated heterocycles. The summed E-state index contributed by atoms with van der Waals surface area (Å²) in [5.74, 6) is 5.09. The summed E-state index contributed by atoms with van der Waals surface area (Å²) < 4.78 is 10.3. The Morgan fingerprint density at radius 1 is 1.47 bits per heavy atom. The van der Waals surface area contributed by atoms with Gasteiger partial charge >= 0.3 is 0 Å². The van der Waals surface area contributed by atoms with Gasteiger partial charge in [-0.2, -0.15) is 0 Å². The number of rotatable bonds is 5. The van der Waals surface area contributed by atoms with Crippen molar-refractivity contribution in [3.8, 4) is 0 Å². The molecule has 0 atom stereocenters. The standard InChI is InChI=1S/C13H17ClN2O3/c1-18-8-19-11-6-13(7-11,12(17)16-15)9-2-4-10(14)5-3-9/h2-5,11H,6-8,15H2,1H3,(H,16,17). The van der Waals surface area contributed by atoms with Gasteiger partial charge in [0.25, 0.3) is 0 Å². The molecule has 0 spiro atoms. The smallest absolute Gasteiger partial charge is 0.244 e. The molecule has 5 nitrogen and oxygen atoms in total. The van der Waals surface area contributed by atoms with Crippen LogP contribution in [0.2, 0.25) is 5.02 Å². The number of ether oxygens (including phenoxy) is 2. The Hall–Kier alpha value is -1.14. The number of methoxy groups -OCH3 is 1. The van der Waals surface area contributed by atoms with Gasteiger partial charge in [-0.05, 0) is 30.5 Å². The third-order valence-corrected chi connectivity index (χ3v) is 3.79. The largest absolute Gasteiger partial charge is 0.359 e. The van der Waals surface area contributed by atoms with Crippen molar-refractivity contribution in [2.75, 3.05) is 13.9 Å². The van der Waals surface area contributed by atoms with Gasteiger partial charge in [-0.15, -0.1) is 0 Å². The van der Waals surface area contributed by atoms with Gasteiger partial charge in [-0.1, -0.05) is 23.7 Å². The van der Waals surface area contributed by atoms with Crippen LogP contribution in [0.4, 0.5) is 0 Å². The highest BCUT2D eigenvalue weighted by Gasteiger charge is 2.51. The fraction of sp³-hybridized carbons (Fsp3) is 0.462. The topological polar surface area (TPSA) is 73.6 Å². The van der Waals surface area contributed by atoms with Crippen LogP contribution in [-0.4, -0.2) is 25.9 Å². The Morgan fingerprint density at radius 2 is 2.11 bits per heavy atom.